The van der Waals surface area contributed by atoms with Crippen LogP contribution in [0.1, 0.15) is 66.2 Å². The lowest BCUT2D eigenvalue weighted by atomic mass is 9.90. The number of nitrogens with zero attached hydrogens (tertiary/aromatic N) is 3. The van der Waals surface area contributed by atoms with Gasteiger partial charge in [-0.15, -0.1) is 0 Å². The Morgan fingerprint density at radius 3 is 2.54 bits per heavy atom. The fraction of sp³-hybridized carbons (Fsp3) is 0.556. The van der Waals surface area contributed by atoms with Crippen LogP contribution in [0.5, 0.6) is 0 Å². The Morgan fingerprint density at radius 1 is 1.14 bits per heavy atom. The standard InChI is InChI=1S/C27H38BrN5O3S/c1-26(2,3)36-25(35)32-27(4)12-15-33(16-13-27)22-18-30-24(19-29-22)37-21-10-8-9-20(17-21)31-23(34)11-6-5-7-14-28/h8-10,17-19H,5-7,11-16H2,1-4H3,(H,31,34)(H,32,35). The fourth-order valence-corrected chi connectivity index (χ4v) is 5.15. The monoisotopic (exact) mass is 591 g/mol. The van der Waals surface area contributed by atoms with Crippen LogP contribution >= 0.6 is 27.7 Å². The highest BCUT2D eigenvalue weighted by molar-refractivity contribution is 9.09. The minimum Gasteiger partial charge on any atom is -0.444 e. The zero-order valence-electron chi connectivity index (χ0n) is 22.2. The van der Waals surface area contributed by atoms with Gasteiger partial charge in [0.05, 0.1) is 12.4 Å². The molecule has 1 aliphatic heterocycles. The van der Waals surface area contributed by atoms with Gasteiger partial charge < -0.3 is 20.3 Å². The smallest absolute Gasteiger partial charge is 0.408 e. The molecule has 2 amide bonds. The van der Waals surface area contributed by atoms with E-state index in [1.807, 2.05) is 45.0 Å². The molecule has 1 saturated heterocycles. The highest BCUT2D eigenvalue weighted by atomic mass is 79.9. The number of nitrogens with one attached hydrogen (secondary N) is 2. The van der Waals surface area contributed by atoms with E-state index in [2.05, 4.69) is 48.4 Å². The summed E-state index contributed by atoms with van der Waals surface area (Å²) in [5.41, 5.74) is -0.0366. The summed E-state index contributed by atoms with van der Waals surface area (Å²) in [5.74, 6) is 0.865. The third kappa shape index (κ3) is 10.2. The van der Waals surface area contributed by atoms with Gasteiger partial charge >= 0.3 is 6.09 Å². The number of benzene rings is 1. The van der Waals surface area contributed by atoms with Crippen LogP contribution in [0.2, 0.25) is 0 Å². The van der Waals surface area contributed by atoms with E-state index in [1.165, 1.54) is 11.8 Å². The number of alkyl halides is 1. The van der Waals surface area contributed by atoms with Gasteiger partial charge in [0.15, 0.2) is 0 Å². The number of hydrogen-bond acceptors (Lipinski definition) is 7. The molecule has 202 valence electrons. The minimum atomic E-state index is -0.516. The van der Waals surface area contributed by atoms with E-state index >= 15 is 0 Å². The summed E-state index contributed by atoms with van der Waals surface area (Å²) in [6.07, 6.45) is 8.34. The molecule has 37 heavy (non-hydrogen) atoms. The molecule has 8 nitrogen and oxygen atoms in total. The number of unbranched alkanes of at least 4 members (excludes halogenated alkanes) is 2. The lowest BCUT2D eigenvalue weighted by molar-refractivity contribution is -0.116. The van der Waals surface area contributed by atoms with Crippen LogP contribution in [0, 0.1) is 0 Å². The maximum Gasteiger partial charge on any atom is 0.408 e. The topological polar surface area (TPSA) is 96.5 Å². The van der Waals surface area contributed by atoms with Gasteiger partial charge in [0.2, 0.25) is 5.91 Å². The summed E-state index contributed by atoms with van der Waals surface area (Å²) < 4.78 is 5.42. The van der Waals surface area contributed by atoms with Gasteiger partial charge in [-0.1, -0.05) is 40.2 Å². The van der Waals surface area contributed by atoms with Crippen molar-refractivity contribution < 1.29 is 14.3 Å². The Balaban J connectivity index is 1.49. The predicted octanol–water partition coefficient (Wildman–Crippen LogP) is 6.41. The van der Waals surface area contributed by atoms with Gasteiger partial charge in [-0.2, -0.15) is 0 Å². The average molecular weight is 593 g/mol. The number of amides is 2. The number of ether oxygens (including phenoxy) is 1. The summed E-state index contributed by atoms with van der Waals surface area (Å²) >= 11 is 4.93. The molecule has 2 heterocycles. The van der Waals surface area contributed by atoms with Crippen molar-refractivity contribution in [1.82, 2.24) is 15.3 Å². The quantitative estimate of drug-likeness (QED) is 0.243. The molecule has 0 radical (unpaired) electrons. The zero-order chi connectivity index (χ0) is 26.9. The molecular weight excluding hydrogens is 554 g/mol. The van der Waals surface area contributed by atoms with Gasteiger partial charge in [0.25, 0.3) is 0 Å². The molecule has 0 spiro atoms. The molecule has 0 aliphatic carbocycles. The zero-order valence-corrected chi connectivity index (χ0v) is 24.6. The summed E-state index contributed by atoms with van der Waals surface area (Å²) in [4.78, 5) is 36.8. The molecule has 1 fully saturated rings. The second-order valence-corrected chi connectivity index (χ2v) is 12.5. The average Bonchev–Trinajstić information content (AvgIpc) is 2.82. The van der Waals surface area contributed by atoms with Crippen molar-refractivity contribution in [1.29, 1.82) is 0 Å². The Kier molecular flexibility index (Phi) is 10.6. The molecule has 0 bridgehead atoms. The molecule has 1 aliphatic rings. The molecule has 10 heteroatoms. The van der Waals surface area contributed by atoms with E-state index in [0.29, 0.717) is 6.42 Å². The summed E-state index contributed by atoms with van der Waals surface area (Å²) in [7, 11) is 0. The predicted molar refractivity (Wildman–Crippen MR) is 153 cm³/mol. The van der Waals surface area contributed by atoms with Crippen LogP contribution in [0.15, 0.2) is 46.6 Å². The molecule has 3 rings (SSSR count). The van der Waals surface area contributed by atoms with Crippen LogP contribution in [0.25, 0.3) is 0 Å². The van der Waals surface area contributed by atoms with Crippen molar-refractivity contribution in [3.63, 3.8) is 0 Å². The Bertz CT molecular complexity index is 1040. The number of halogens is 1. The van der Waals surface area contributed by atoms with Gasteiger partial charge in [0.1, 0.15) is 16.4 Å². The molecule has 1 aromatic carbocycles. The minimum absolute atomic E-state index is 0.0415. The van der Waals surface area contributed by atoms with Crippen molar-refractivity contribution in [2.75, 3.05) is 28.6 Å². The Hall–Kier alpha value is -2.33. The second kappa shape index (κ2) is 13.5. The SMILES string of the molecule is CC1(NC(=O)OC(C)(C)C)CCN(c2cnc(Sc3cccc(NC(=O)CCCCCBr)c3)cn2)CC1. The summed E-state index contributed by atoms with van der Waals surface area (Å²) in [6.45, 7) is 9.18. The fourth-order valence-electron chi connectivity index (χ4n) is 3.97. The van der Waals surface area contributed by atoms with Gasteiger partial charge in [-0.3, -0.25) is 4.79 Å². The Labute approximate surface area is 232 Å². The molecule has 1 aromatic heterocycles. The number of carbonyl (C=O) groups excluding carboxylic acids is 2. The van der Waals surface area contributed by atoms with E-state index in [4.69, 9.17) is 4.74 Å². The summed E-state index contributed by atoms with van der Waals surface area (Å²) in [6, 6.07) is 7.78. The highest BCUT2D eigenvalue weighted by Crippen LogP contribution is 2.30. The Morgan fingerprint density at radius 2 is 1.89 bits per heavy atom. The van der Waals surface area contributed by atoms with E-state index in [9.17, 15) is 9.59 Å². The molecule has 0 unspecified atom stereocenters. The number of hydrogen-bond donors (Lipinski definition) is 2. The lowest BCUT2D eigenvalue weighted by Crippen LogP contribution is -2.54. The van der Waals surface area contributed by atoms with E-state index in [1.54, 1.807) is 12.4 Å². The first-order chi connectivity index (χ1) is 17.5. The van der Waals surface area contributed by atoms with Crippen molar-refractivity contribution >= 4 is 51.2 Å². The first-order valence-electron chi connectivity index (χ1n) is 12.8. The van der Waals surface area contributed by atoms with Crippen LogP contribution in [-0.2, 0) is 9.53 Å². The number of piperidine rings is 1. The maximum absolute atomic E-state index is 12.2. The van der Waals surface area contributed by atoms with E-state index in [-0.39, 0.29) is 17.5 Å². The molecule has 0 atom stereocenters. The lowest BCUT2D eigenvalue weighted by Gasteiger charge is -2.40. The number of carbonyl (C=O) groups is 2. The highest BCUT2D eigenvalue weighted by Gasteiger charge is 2.33. The van der Waals surface area contributed by atoms with Crippen LogP contribution in [-0.4, -0.2) is 51.5 Å². The van der Waals surface area contributed by atoms with Crippen molar-refractivity contribution in [2.24, 2.45) is 0 Å². The van der Waals surface area contributed by atoms with Crippen molar-refractivity contribution in [3.8, 4) is 0 Å². The van der Waals surface area contributed by atoms with Crippen molar-refractivity contribution in [3.05, 3.63) is 36.7 Å². The maximum atomic E-state index is 12.2. The van der Waals surface area contributed by atoms with Crippen LogP contribution in [0.3, 0.4) is 0 Å². The van der Waals surface area contributed by atoms with Gasteiger partial charge in [-0.25, -0.2) is 14.8 Å². The van der Waals surface area contributed by atoms with Gasteiger partial charge in [0, 0.05) is 41.0 Å². The van der Waals surface area contributed by atoms with E-state index in [0.717, 1.165) is 72.0 Å². The second-order valence-electron chi connectivity index (χ2n) is 10.6. The van der Waals surface area contributed by atoms with E-state index < -0.39 is 5.60 Å². The number of rotatable bonds is 10. The largest absolute Gasteiger partial charge is 0.444 e. The number of anilines is 2. The molecule has 2 N–H and O–H groups in total. The number of alkyl carbamates (subject to hydrolysis) is 1. The molecular formula is C27H38BrN5O3S. The molecule has 0 saturated carbocycles. The van der Waals surface area contributed by atoms with Crippen LogP contribution in [0.4, 0.5) is 16.3 Å². The summed E-state index contributed by atoms with van der Waals surface area (Å²) in [5, 5.41) is 7.78. The normalized spacial score (nSPS) is 15.2. The van der Waals surface area contributed by atoms with Crippen molar-refractivity contribution in [2.45, 2.75) is 87.3 Å². The third-order valence-corrected chi connectivity index (χ3v) is 7.46. The van der Waals surface area contributed by atoms with Gasteiger partial charge in [-0.05, 0) is 71.6 Å². The first kappa shape index (κ1) is 29.2. The third-order valence-electron chi connectivity index (χ3n) is 5.99. The first-order valence-corrected chi connectivity index (χ1v) is 14.7. The molecule has 2 aromatic rings. The number of aromatic nitrogens is 2. The van der Waals surface area contributed by atoms with Crippen LogP contribution < -0.4 is 15.5 Å².